The number of hydrogen-bond acceptors (Lipinski definition) is 4. The Morgan fingerprint density at radius 3 is 2.71 bits per heavy atom. The molecule has 1 aliphatic heterocycles. The number of carbonyl (C=O) groups excluding carboxylic acids is 1. The third kappa shape index (κ3) is 4.52. The molecular weight excluding hydrogens is 318 g/mol. The van der Waals surface area contributed by atoms with E-state index in [1.807, 2.05) is 23.3 Å². The third-order valence-electron chi connectivity index (χ3n) is 4.21. The summed E-state index contributed by atoms with van der Waals surface area (Å²) in [5.41, 5.74) is 3.50. The minimum Gasteiger partial charge on any atom is -0.337 e. The average Bonchev–Trinajstić information content (AvgIpc) is 2.99. The van der Waals surface area contributed by atoms with Gasteiger partial charge in [-0.15, -0.1) is 11.3 Å². The summed E-state index contributed by atoms with van der Waals surface area (Å²) in [7, 11) is 0. The first kappa shape index (κ1) is 16.9. The zero-order valence-electron chi connectivity index (χ0n) is 14.2. The number of amides is 1. The third-order valence-corrected chi connectivity index (χ3v) is 5.00. The molecule has 1 amide bonds. The average molecular weight is 341 g/mol. The van der Waals surface area contributed by atoms with Crippen LogP contribution in [0.1, 0.15) is 21.8 Å². The summed E-state index contributed by atoms with van der Waals surface area (Å²) in [5.74, 6) is 0.0795. The van der Waals surface area contributed by atoms with Crippen molar-refractivity contribution in [1.82, 2.24) is 14.8 Å². The van der Waals surface area contributed by atoms with Crippen molar-refractivity contribution in [1.29, 1.82) is 0 Å². The number of carbonyl (C=O) groups is 1. The van der Waals surface area contributed by atoms with Crippen LogP contribution in [0.4, 0.5) is 0 Å². The Labute approximate surface area is 147 Å². The molecule has 1 fully saturated rings. The summed E-state index contributed by atoms with van der Waals surface area (Å²) in [6.07, 6.45) is 3.45. The predicted molar refractivity (Wildman–Crippen MR) is 98.9 cm³/mol. The van der Waals surface area contributed by atoms with Crippen molar-refractivity contribution in [2.24, 2.45) is 0 Å². The lowest BCUT2D eigenvalue weighted by Crippen LogP contribution is -2.47. The Balaban J connectivity index is 1.49. The second-order valence-electron chi connectivity index (χ2n) is 6.22. The van der Waals surface area contributed by atoms with Crippen molar-refractivity contribution in [3.8, 4) is 0 Å². The van der Waals surface area contributed by atoms with Crippen LogP contribution in [-0.4, -0.2) is 46.9 Å². The highest BCUT2D eigenvalue weighted by Crippen LogP contribution is 2.12. The molecule has 126 valence electrons. The number of benzene rings is 1. The van der Waals surface area contributed by atoms with Gasteiger partial charge in [-0.25, -0.2) is 4.98 Å². The summed E-state index contributed by atoms with van der Waals surface area (Å²) >= 11 is 1.60. The van der Waals surface area contributed by atoms with E-state index in [0.29, 0.717) is 0 Å². The normalized spacial score (nSPS) is 16.0. The number of aromatic nitrogens is 1. The Hall–Kier alpha value is -1.98. The summed E-state index contributed by atoms with van der Waals surface area (Å²) < 4.78 is 0. The highest BCUT2D eigenvalue weighted by atomic mass is 32.1. The number of piperazine rings is 1. The molecule has 3 rings (SSSR count). The minimum atomic E-state index is 0.0795. The van der Waals surface area contributed by atoms with Gasteiger partial charge in [0.25, 0.3) is 0 Å². The van der Waals surface area contributed by atoms with Crippen molar-refractivity contribution in [2.75, 3.05) is 26.2 Å². The monoisotopic (exact) mass is 341 g/mol. The number of hydrogen-bond donors (Lipinski definition) is 0. The molecule has 0 bridgehead atoms. The van der Waals surface area contributed by atoms with Gasteiger partial charge in [0, 0.05) is 44.2 Å². The van der Waals surface area contributed by atoms with Crippen molar-refractivity contribution >= 4 is 23.3 Å². The predicted octanol–water partition coefficient (Wildman–Crippen LogP) is 3.12. The van der Waals surface area contributed by atoms with Crippen LogP contribution in [0.3, 0.4) is 0 Å². The maximum atomic E-state index is 12.3. The first-order chi connectivity index (χ1) is 11.6. The van der Waals surface area contributed by atoms with E-state index in [9.17, 15) is 4.79 Å². The molecule has 2 aromatic rings. The van der Waals surface area contributed by atoms with Crippen molar-refractivity contribution in [3.63, 3.8) is 0 Å². The molecule has 0 unspecified atom stereocenters. The standard InChI is InChI=1S/C19H23N3OS/c1-15-4-3-5-17(12-15)13-21-8-10-22(11-9-21)19(23)7-6-18-14-24-16(2)20-18/h3-7,12,14H,8-11,13H2,1-2H3/b7-6+. The van der Waals surface area contributed by atoms with Gasteiger partial charge in [-0.3, -0.25) is 9.69 Å². The summed E-state index contributed by atoms with van der Waals surface area (Å²) in [6.45, 7) is 8.45. The molecule has 1 aromatic heterocycles. The van der Waals surface area contributed by atoms with E-state index in [4.69, 9.17) is 0 Å². The SMILES string of the molecule is Cc1cccc(CN2CCN(C(=O)/C=C/c3csc(C)n3)CC2)c1. The molecule has 0 aliphatic carbocycles. The fourth-order valence-electron chi connectivity index (χ4n) is 2.91. The number of rotatable bonds is 4. The fourth-order valence-corrected chi connectivity index (χ4v) is 3.49. The lowest BCUT2D eigenvalue weighted by atomic mass is 10.1. The number of nitrogens with zero attached hydrogens (tertiary/aromatic N) is 3. The van der Waals surface area contributed by atoms with Gasteiger partial charge in [0.2, 0.25) is 5.91 Å². The molecule has 24 heavy (non-hydrogen) atoms. The van der Waals surface area contributed by atoms with Crippen LogP contribution >= 0.6 is 11.3 Å². The minimum absolute atomic E-state index is 0.0795. The molecule has 0 atom stereocenters. The highest BCUT2D eigenvalue weighted by molar-refractivity contribution is 7.09. The quantitative estimate of drug-likeness (QED) is 0.802. The second-order valence-corrected chi connectivity index (χ2v) is 7.28. The zero-order valence-corrected chi connectivity index (χ0v) is 15.1. The summed E-state index contributed by atoms with van der Waals surface area (Å²) in [5, 5.41) is 2.99. The first-order valence-corrected chi connectivity index (χ1v) is 9.15. The molecule has 1 aromatic carbocycles. The van der Waals surface area contributed by atoms with Crippen molar-refractivity contribution < 1.29 is 4.79 Å². The van der Waals surface area contributed by atoms with Gasteiger partial charge in [0.15, 0.2) is 0 Å². The molecule has 5 heteroatoms. The summed E-state index contributed by atoms with van der Waals surface area (Å²) in [4.78, 5) is 21.0. The van der Waals surface area contributed by atoms with Gasteiger partial charge in [0.05, 0.1) is 10.7 Å². The Morgan fingerprint density at radius 2 is 2.04 bits per heavy atom. The van der Waals surface area contributed by atoms with E-state index in [0.717, 1.165) is 43.4 Å². The van der Waals surface area contributed by atoms with Crippen LogP contribution in [0.5, 0.6) is 0 Å². The molecular formula is C19H23N3OS. The van der Waals surface area contributed by atoms with Crippen LogP contribution in [0, 0.1) is 13.8 Å². The lowest BCUT2D eigenvalue weighted by molar-refractivity contribution is -0.127. The number of thiazole rings is 1. The van der Waals surface area contributed by atoms with Crippen molar-refractivity contribution in [2.45, 2.75) is 20.4 Å². The Morgan fingerprint density at radius 1 is 1.25 bits per heavy atom. The zero-order chi connectivity index (χ0) is 16.9. The number of aryl methyl sites for hydroxylation is 2. The largest absolute Gasteiger partial charge is 0.337 e. The topological polar surface area (TPSA) is 36.4 Å². The van der Waals surface area contributed by atoms with Crippen LogP contribution in [0.15, 0.2) is 35.7 Å². The van der Waals surface area contributed by atoms with Gasteiger partial charge in [-0.2, -0.15) is 0 Å². The van der Waals surface area contributed by atoms with Gasteiger partial charge in [-0.05, 0) is 25.5 Å². The van der Waals surface area contributed by atoms with E-state index in [1.54, 1.807) is 17.4 Å². The Bertz CT molecular complexity index is 730. The van der Waals surface area contributed by atoms with Gasteiger partial charge in [0.1, 0.15) is 0 Å². The molecule has 1 saturated heterocycles. The van der Waals surface area contributed by atoms with Gasteiger partial charge in [-0.1, -0.05) is 29.8 Å². The van der Waals surface area contributed by atoms with E-state index in [-0.39, 0.29) is 5.91 Å². The molecule has 0 radical (unpaired) electrons. The maximum absolute atomic E-state index is 12.3. The molecule has 0 saturated carbocycles. The second kappa shape index (κ2) is 7.73. The maximum Gasteiger partial charge on any atom is 0.246 e. The van der Waals surface area contributed by atoms with E-state index in [1.165, 1.54) is 11.1 Å². The first-order valence-electron chi connectivity index (χ1n) is 8.27. The van der Waals surface area contributed by atoms with Gasteiger partial charge >= 0.3 is 0 Å². The van der Waals surface area contributed by atoms with Gasteiger partial charge < -0.3 is 4.90 Å². The fraction of sp³-hybridized carbons (Fsp3) is 0.368. The van der Waals surface area contributed by atoms with Crippen LogP contribution < -0.4 is 0 Å². The van der Waals surface area contributed by atoms with Crippen LogP contribution in [0.2, 0.25) is 0 Å². The molecule has 0 N–H and O–H groups in total. The molecule has 4 nitrogen and oxygen atoms in total. The molecule has 1 aliphatic rings. The van der Waals surface area contributed by atoms with Crippen LogP contribution in [-0.2, 0) is 11.3 Å². The Kier molecular flexibility index (Phi) is 5.43. The summed E-state index contributed by atoms with van der Waals surface area (Å²) in [6, 6.07) is 8.63. The molecule has 2 heterocycles. The highest BCUT2D eigenvalue weighted by Gasteiger charge is 2.19. The van der Waals surface area contributed by atoms with E-state index < -0.39 is 0 Å². The van der Waals surface area contributed by atoms with E-state index in [2.05, 4.69) is 41.1 Å². The van der Waals surface area contributed by atoms with E-state index >= 15 is 0 Å². The van der Waals surface area contributed by atoms with Crippen LogP contribution in [0.25, 0.3) is 6.08 Å². The lowest BCUT2D eigenvalue weighted by Gasteiger charge is -2.34. The van der Waals surface area contributed by atoms with Crippen molar-refractivity contribution in [3.05, 3.63) is 57.6 Å². The molecule has 0 spiro atoms. The smallest absolute Gasteiger partial charge is 0.246 e.